The quantitative estimate of drug-likeness (QED) is 0.772. The van der Waals surface area contributed by atoms with E-state index in [0.29, 0.717) is 16.0 Å². The SMILES string of the molecule is Cc1ccc2oc(C(O)c3ccoc3Br)cc2c1. The van der Waals surface area contributed by atoms with Gasteiger partial charge in [-0.05, 0) is 47.1 Å². The Labute approximate surface area is 112 Å². The van der Waals surface area contributed by atoms with Crippen LogP contribution in [0.3, 0.4) is 0 Å². The molecular formula is C14H11BrO3. The number of furan rings is 2. The number of aliphatic hydroxyl groups excluding tert-OH is 1. The Kier molecular flexibility index (Phi) is 2.76. The van der Waals surface area contributed by atoms with Gasteiger partial charge in [0.2, 0.25) is 0 Å². The van der Waals surface area contributed by atoms with Crippen LogP contribution in [0.25, 0.3) is 11.0 Å². The molecule has 0 bridgehead atoms. The summed E-state index contributed by atoms with van der Waals surface area (Å²) in [4.78, 5) is 0. The van der Waals surface area contributed by atoms with Gasteiger partial charge in [0.25, 0.3) is 0 Å². The van der Waals surface area contributed by atoms with E-state index in [-0.39, 0.29) is 0 Å². The fourth-order valence-corrected chi connectivity index (χ4v) is 2.43. The fraction of sp³-hybridized carbons (Fsp3) is 0.143. The van der Waals surface area contributed by atoms with Crippen molar-refractivity contribution in [2.75, 3.05) is 0 Å². The number of aliphatic hydroxyl groups is 1. The second kappa shape index (κ2) is 4.30. The number of aryl methyl sites for hydroxylation is 1. The van der Waals surface area contributed by atoms with E-state index in [1.54, 1.807) is 6.07 Å². The first-order valence-corrected chi connectivity index (χ1v) is 6.35. The average Bonchev–Trinajstić information content (AvgIpc) is 2.93. The molecule has 3 nitrogen and oxygen atoms in total. The highest BCUT2D eigenvalue weighted by Gasteiger charge is 2.19. The van der Waals surface area contributed by atoms with Gasteiger partial charge in [0.15, 0.2) is 4.67 Å². The van der Waals surface area contributed by atoms with E-state index in [0.717, 1.165) is 16.5 Å². The first-order valence-electron chi connectivity index (χ1n) is 5.56. The molecule has 0 aliphatic rings. The highest BCUT2D eigenvalue weighted by Crippen LogP contribution is 2.32. The van der Waals surface area contributed by atoms with Crippen LogP contribution in [0.5, 0.6) is 0 Å². The van der Waals surface area contributed by atoms with Gasteiger partial charge in [0, 0.05) is 10.9 Å². The van der Waals surface area contributed by atoms with Crippen LogP contribution in [0.4, 0.5) is 0 Å². The molecule has 0 aliphatic carbocycles. The summed E-state index contributed by atoms with van der Waals surface area (Å²) in [6.07, 6.45) is 0.695. The molecular weight excluding hydrogens is 296 g/mol. The highest BCUT2D eigenvalue weighted by atomic mass is 79.9. The van der Waals surface area contributed by atoms with Crippen molar-refractivity contribution in [1.29, 1.82) is 0 Å². The van der Waals surface area contributed by atoms with Gasteiger partial charge in [-0.2, -0.15) is 0 Å². The van der Waals surface area contributed by atoms with E-state index in [1.165, 1.54) is 6.26 Å². The molecule has 0 saturated carbocycles. The summed E-state index contributed by atoms with van der Waals surface area (Å²) in [6.45, 7) is 2.02. The molecule has 92 valence electrons. The molecule has 0 aliphatic heterocycles. The first kappa shape index (κ1) is 11.6. The lowest BCUT2D eigenvalue weighted by atomic mass is 10.1. The van der Waals surface area contributed by atoms with Crippen LogP contribution in [0, 0.1) is 6.92 Å². The summed E-state index contributed by atoms with van der Waals surface area (Å²) in [7, 11) is 0. The summed E-state index contributed by atoms with van der Waals surface area (Å²) >= 11 is 3.25. The van der Waals surface area contributed by atoms with Crippen molar-refractivity contribution >= 4 is 26.9 Å². The topological polar surface area (TPSA) is 46.5 Å². The average molecular weight is 307 g/mol. The predicted molar refractivity (Wildman–Crippen MR) is 71.4 cm³/mol. The van der Waals surface area contributed by atoms with Gasteiger partial charge in [-0.3, -0.25) is 0 Å². The van der Waals surface area contributed by atoms with E-state index in [4.69, 9.17) is 8.83 Å². The van der Waals surface area contributed by atoms with Crippen molar-refractivity contribution in [3.05, 3.63) is 58.2 Å². The Balaban J connectivity index is 2.07. The number of halogens is 1. The van der Waals surface area contributed by atoms with Crippen molar-refractivity contribution in [3.63, 3.8) is 0 Å². The molecule has 0 radical (unpaired) electrons. The molecule has 0 spiro atoms. The van der Waals surface area contributed by atoms with Crippen LogP contribution in [-0.4, -0.2) is 5.11 Å². The first-order chi connectivity index (χ1) is 8.65. The van der Waals surface area contributed by atoms with Gasteiger partial charge >= 0.3 is 0 Å². The zero-order chi connectivity index (χ0) is 12.7. The van der Waals surface area contributed by atoms with E-state index in [2.05, 4.69) is 15.9 Å². The lowest BCUT2D eigenvalue weighted by Gasteiger charge is -2.04. The number of benzene rings is 1. The second-order valence-electron chi connectivity index (χ2n) is 4.24. The van der Waals surface area contributed by atoms with Gasteiger partial charge in [-0.15, -0.1) is 0 Å². The fourth-order valence-electron chi connectivity index (χ4n) is 1.97. The molecule has 1 aromatic carbocycles. The Bertz CT molecular complexity index is 696. The summed E-state index contributed by atoms with van der Waals surface area (Å²) < 4.78 is 11.3. The second-order valence-corrected chi connectivity index (χ2v) is 4.96. The Morgan fingerprint density at radius 3 is 2.78 bits per heavy atom. The maximum atomic E-state index is 10.2. The van der Waals surface area contributed by atoms with Gasteiger partial charge in [-0.1, -0.05) is 11.6 Å². The van der Waals surface area contributed by atoms with Gasteiger partial charge < -0.3 is 13.9 Å². The Morgan fingerprint density at radius 2 is 2.06 bits per heavy atom. The van der Waals surface area contributed by atoms with E-state index in [9.17, 15) is 5.11 Å². The number of rotatable bonds is 2. The third kappa shape index (κ3) is 1.87. The lowest BCUT2D eigenvalue weighted by molar-refractivity contribution is 0.190. The van der Waals surface area contributed by atoms with Crippen molar-refractivity contribution in [2.45, 2.75) is 13.0 Å². The molecule has 18 heavy (non-hydrogen) atoms. The summed E-state index contributed by atoms with van der Waals surface area (Å²) in [6, 6.07) is 9.49. The number of fused-ring (bicyclic) bond motifs is 1. The third-order valence-electron chi connectivity index (χ3n) is 2.90. The molecule has 1 unspecified atom stereocenters. The van der Waals surface area contributed by atoms with E-state index >= 15 is 0 Å². The maximum absolute atomic E-state index is 10.2. The van der Waals surface area contributed by atoms with Crippen LogP contribution < -0.4 is 0 Å². The minimum atomic E-state index is -0.828. The van der Waals surface area contributed by atoms with Gasteiger partial charge in [0.1, 0.15) is 17.4 Å². The van der Waals surface area contributed by atoms with Crippen molar-refractivity contribution < 1.29 is 13.9 Å². The minimum absolute atomic E-state index is 0.512. The van der Waals surface area contributed by atoms with Crippen molar-refractivity contribution in [1.82, 2.24) is 0 Å². The molecule has 0 amide bonds. The molecule has 2 heterocycles. The van der Waals surface area contributed by atoms with Crippen molar-refractivity contribution in [3.8, 4) is 0 Å². The minimum Gasteiger partial charge on any atom is -0.458 e. The van der Waals surface area contributed by atoms with Crippen LogP contribution in [0.15, 0.2) is 50.1 Å². The normalized spacial score (nSPS) is 13.1. The maximum Gasteiger partial charge on any atom is 0.175 e. The lowest BCUT2D eigenvalue weighted by Crippen LogP contribution is -1.96. The predicted octanol–water partition coefficient (Wildman–Crippen LogP) is 4.18. The largest absolute Gasteiger partial charge is 0.458 e. The monoisotopic (exact) mass is 306 g/mol. The zero-order valence-corrected chi connectivity index (χ0v) is 11.3. The number of hydrogen-bond donors (Lipinski definition) is 1. The smallest absolute Gasteiger partial charge is 0.175 e. The molecule has 3 aromatic rings. The van der Waals surface area contributed by atoms with Crippen LogP contribution in [0.2, 0.25) is 0 Å². The van der Waals surface area contributed by atoms with Crippen LogP contribution in [0.1, 0.15) is 23.0 Å². The Morgan fingerprint density at radius 1 is 1.22 bits per heavy atom. The molecule has 1 N–H and O–H groups in total. The zero-order valence-electron chi connectivity index (χ0n) is 9.68. The standard InChI is InChI=1S/C14H11BrO3/c1-8-2-3-11-9(6-8)7-12(18-11)13(16)10-4-5-17-14(10)15/h2-7,13,16H,1H3. The molecule has 2 aromatic heterocycles. The van der Waals surface area contributed by atoms with Crippen LogP contribution in [-0.2, 0) is 0 Å². The summed E-state index contributed by atoms with van der Waals surface area (Å²) in [5, 5.41) is 11.2. The van der Waals surface area contributed by atoms with Gasteiger partial charge in [0.05, 0.1) is 6.26 Å². The third-order valence-corrected chi connectivity index (χ3v) is 3.55. The molecule has 1 atom stereocenters. The highest BCUT2D eigenvalue weighted by molar-refractivity contribution is 9.10. The van der Waals surface area contributed by atoms with Crippen LogP contribution >= 0.6 is 15.9 Å². The number of hydrogen-bond acceptors (Lipinski definition) is 3. The van der Waals surface area contributed by atoms with E-state index < -0.39 is 6.10 Å². The molecule has 0 fully saturated rings. The van der Waals surface area contributed by atoms with E-state index in [1.807, 2.05) is 31.2 Å². The molecule has 3 rings (SSSR count). The Hall–Kier alpha value is -1.52. The van der Waals surface area contributed by atoms with Gasteiger partial charge in [-0.25, -0.2) is 0 Å². The van der Waals surface area contributed by atoms with Crippen molar-refractivity contribution in [2.24, 2.45) is 0 Å². The summed E-state index contributed by atoms with van der Waals surface area (Å²) in [5.74, 6) is 0.512. The molecule has 4 heteroatoms. The summed E-state index contributed by atoms with van der Waals surface area (Å²) in [5.41, 5.74) is 2.59. The molecule has 0 saturated heterocycles.